The molecular formula is C13H19N3O2S. The van der Waals surface area contributed by atoms with Gasteiger partial charge >= 0.3 is 0 Å². The molecule has 104 valence electrons. The van der Waals surface area contributed by atoms with Crippen molar-refractivity contribution in [3.8, 4) is 0 Å². The zero-order chi connectivity index (χ0) is 13.3. The van der Waals surface area contributed by atoms with Crippen LogP contribution in [0.5, 0.6) is 0 Å². The molecule has 6 heteroatoms. The Bertz CT molecular complexity index is 541. The van der Waals surface area contributed by atoms with Crippen LogP contribution in [0.2, 0.25) is 0 Å². The minimum atomic E-state index is -2.83. The molecule has 2 fully saturated rings. The molecule has 1 saturated carbocycles. The highest BCUT2D eigenvalue weighted by atomic mass is 32.2. The summed E-state index contributed by atoms with van der Waals surface area (Å²) in [5.74, 6) is 0.510. The molecule has 1 aromatic heterocycles. The summed E-state index contributed by atoms with van der Waals surface area (Å²) in [6, 6.07) is 2.65. The maximum Gasteiger partial charge on any atom is 0.153 e. The lowest BCUT2D eigenvalue weighted by Gasteiger charge is -2.30. The third-order valence-corrected chi connectivity index (χ3v) is 5.33. The van der Waals surface area contributed by atoms with Gasteiger partial charge in [0.25, 0.3) is 0 Å². The summed E-state index contributed by atoms with van der Waals surface area (Å²) in [5, 5.41) is 3.48. The van der Waals surface area contributed by atoms with E-state index in [9.17, 15) is 8.42 Å². The molecule has 2 aliphatic rings. The molecule has 0 atom stereocenters. The van der Waals surface area contributed by atoms with Gasteiger partial charge in [0.15, 0.2) is 9.84 Å². The molecular weight excluding hydrogens is 262 g/mol. The maximum absolute atomic E-state index is 11.5. The SMILES string of the molecule is O=S1(=O)CCN(c2ccncc2CNC2CC2)CC1. The molecule has 0 amide bonds. The molecule has 1 N–H and O–H groups in total. The van der Waals surface area contributed by atoms with Crippen LogP contribution in [0.4, 0.5) is 5.69 Å². The zero-order valence-corrected chi connectivity index (χ0v) is 11.7. The van der Waals surface area contributed by atoms with Crippen molar-refractivity contribution >= 4 is 15.5 Å². The Morgan fingerprint density at radius 3 is 2.74 bits per heavy atom. The van der Waals surface area contributed by atoms with Crippen molar-refractivity contribution < 1.29 is 8.42 Å². The van der Waals surface area contributed by atoms with Crippen LogP contribution in [0.1, 0.15) is 18.4 Å². The average Bonchev–Trinajstić information content (AvgIpc) is 3.21. The van der Waals surface area contributed by atoms with E-state index in [2.05, 4.69) is 15.2 Å². The highest BCUT2D eigenvalue weighted by Gasteiger charge is 2.24. The van der Waals surface area contributed by atoms with Gasteiger partial charge in [0.2, 0.25) is 0 Å². The Labute approximate surface area is 113 Å². The molecule has 5 nitrogen and oxygen atoms in total. The van der Waals surface area contributed by atoms with Crippen LogP contribution in [-0.4, -0.2) is 44.0 Å². The predicted octanol–water partition coefficient (Wildman–Crippen LogP) is 0.568. The molecule has 2 heterocycles. The molecule has 1 aromatic rings. The van der Waals surface area contributed by atoms with Crippen molar-refractivity contribution in [1.29, 1.82) is 0 Å². The number of aromatic nitrogens is 1. The molecule has 0 aromatic carbocycles. The molecule has 1 saturated heterocycles. The fourth-order valence-electron chi connectivity index (χ4n) is 2.36. The number of sulfone groups is 1. The molecule has 1 aliphatic heterocycles. The number of rotatable bonds is 4. The molecule has 1 aliphatic carbocycles. The summed E-state index contributed by atoms with van der Waals surface area (Å²) >= 11 is 0. The Hall–Kier alpha value is -1.14. The summed E-state index contributed by atoms with van der Waals surface area (Å²) in [6.45, 7) is 1.99. The fourth-order valence-corrected chi connectivity index (χ4v) is 3.56. The van der Waals surface area contributed by atoms with Crippen LogP contribution < -0.4 is 10.2 Å². The van der Waals surface area contributed by atoms with Gasteiger partial charge in [-0.25, -0.2) is 8.42 Å². The number of hydrogen-bond acceptors (Lipinski definition) is 5. The minimum Gasteiger partial charge on any atom is -0.369 e. The number of nitrogens with zero attached hydrogens (tertiary/aromatic N) is 2. The normalized spacial score (nSPS) is 22.4. The minimum absolute atomic E-state index is 0.255. The number of hydrogen-bond donors (Lipinski definition) is 1. The number of anilines is 1. The van der Waals surface area contributed by atoms with Crippen molar-refractivity contribution in [2.24, 2.45) is 0 Å². The van der Waals surface area contributed by atoms with Gasteiger partial charge < -0.3 is 10.2 Å². The van der Waals surface area contributed by atoms with E-state index < -0.39 is 9.84 Å². The van der Waals surface area contributed by atoms with E-state index in [0.717, 1.165) is 17.8 Å². The van der Waals surface area contributed by atoms with Crippen molar-refractivity contribution in [3.05, 3.63) is 24.0 Å². The third-order valence-electron chi connectivity index (χ3n) is 3.72. The van der Waals surface area contributed by atoms with E-state index in [1.165, 1.54) is 12.8 Å². The smallest absolute Gasteiger partial charge is 0.153 e. The first-order chi connectivity index (χ1) is 9.14. The van der Waals surface area contributed by atoms with Crippen molar-refractivity contribution in [2.75, 3.05) is 29.5 Å². The maximum atomic E-state index is 11.5. The number of pyridine rings is 1. The van der Waals surface area contributed by atoms with Crippen LogP contribution in [0.3, 0.4) is 0 Å². The molecule has 0 radical (unpaired) electrons. The third kappa shape index (κ3) is 3.25. The lowest BCUT2D eigenvalue weighted by Crippen LogP contribution is -2.41. The van der Waals surface area contributed by atoms with Crippen molar-refractivity contribution in [1.82, 2.24) is 10.3 Å². The quantitative estimate of drug-likeness (QED) is 0.874. The Balaban J connectivity index is 1.72. The first-order valence-corrected chi connectivity index (χ1v) is 8.58. The van der Waals surface area contributed by atoms with Crippen LogP contribution >= 0.6 is 0 Å². The van der Waals surface area contributed by atoms with Gasteiger partial charge in [0.1, 0.15) is 0 Å². The summed E-state index contributed by atoms with van der Waals surface area (Å²) in [6.07, 6.45) is 6.18. The zero-order valence-electron chi connectivity index (χ0n) is 10.9. The lowest BCUT2D eigenvalue weighted by molar-refractivity contribution is 0.586. The first-order valence-electron chi connectivity index (χ1n) is 6.76. The lowest BCUT2D eigenvalue weighted by atomic mass is 10.2. The molecule has 0 bridgehead atoms. The Kier molecular flexibility index (Phi) is 3.45. The summed E-state index contributed by atoms with van der Waals surface area (Å²) < 4.78 is 23.0. The van der Waals surface area contributed by atoms with Gasteiger partial charge in [-0.1, -0.05) is 0 Å². The largest absolute Gasteiger partial charge is 0.369 e. The van der Waals surface area contributed by atoms with Gasteiger partial charge in [-0.3, -0.25) is 4.98 Å². The van der Waals surface area contributed by atoms with Gasteiger partial charge in [0.05, 0.1) is 11.5 Å². The van der Waals surface area contributed by atoms with E-state index in [1.807, 2.05) is 12.3 Å². The van der Waals surface area contributed by atoms with Crippen molar-refractivity contribution in [3.63, 3.8) is 0 Å². The standard InChI is InChI=1S/C13H19N3O2S/c17-19(18)7-5-16(6-8-19)13-3-4-14-9-11(13)10-15-12-1-2-12/h3-4,9,12,15H,1-2,5-8,10H2. The monoisotopic (exact) mass is 281 g/mol. The van der Waals surface area contributed by atoms with E-state index >= 15 is 0 Å². The van der Waals surface area contributed by atoms with Gasteiger partial charge in [-0.2, -0.15) is 0 Å². The van der Waals surface area contributed by atoms with Crippen molar-refractivity contribution in [2.45, 2.75) is 25.4 Å². The van der Waals surface area contributed by atoms with Crippen LogP contribution in [0, 0.1) is 0 Å². The highest BCUT2D eigenvalue weighted by molar-refractivity contribution is 7.91. The first kappa shape index (κ1) is 12.9. The predicted molar refractivity (Wildman–Crippen MR) is 75.0 cm³/mol. The van der Waals surface area contributed by atoms with Crippen LogP contribution in [-0.2, 0) is 16.4 Å². The van der Waals surface area contributed by atoms with Gasteiger partial charge in [-0.05, 0) is 18.9 Å². The topological polar surface area (TPSA) is 62.3 Å². The van der Waals surface area contributed by atoms with Gasteiger partial charge in [-0.15, -0.1) is 0 Å². The van der Waals surface area contributed by atoms with Gasteiger partial charge in [0, 0.05) is 49.3 Å². The highest BCUT2D eigenvalue weighted by Crippen LogP contribution is 2.24. The number of nitrogens with one attached hydrogen (secondary N) is 1. The van der Waals surface area contributed by atoms with E-state index in [4.69, 9.17) is 0 Å². The average molecular weight is 281 g/mol. The molecule has 0 unspecified atom stereocenters. The fraction of sp³-hybridized carbons (Fsp3) is 0.615. The van der Waals surface area contributed by atoms with Crippen LogP contribution in [0.15, 0.2) is 18.5 Å². The summed E-state index contributed by atoms with van der Waals surface area (Å²) in [5.41, 5.74) is 2.28. The summed E-state index contributed by atoms with van der Waals surface area (Å²) in [7, 11) is -2.83. The van der Waals surface area contributed by atoms with E-state index in [-0.39, 0.29) is 11.5 Å². The summed E-state index contributed by atoms with van der Waals surface area (Å²) in [4.78, 5) is 6.34. The van der Waals surface area contributed by atoms with Crippen LogP contribution in [0.25, 0.3) is 0 Å². The van der Waals surface area contributed by atoms with E-state index in [1.54, 1.807) is 6.20 Å². The molecule has 19 heavy (non-hydrogen) atoms. The second-order valence-electron chi connectivity index (χ2n) is 5.30. The second-order valence-corrected chi connectivity index (χ2v) is 7.60. The molecule has 3 rings (SSSR count). The second kappa shape index (κ2) is 5.09. The molecule has 0 spiro atoms. The Morgan fingerprint density at radius 2 is 2.05 bits per heavy atom. The Morgan fingerprint density at radius 1 is 1.32 bits per heavy atom. The van der Waals surface area contributed by atoms with E-state index in [0.29, 0.717) is 19.1 Å².